The lowest BCUT2D eigenvalue weighted by Crippen LogP contribution is -2.47. The zero-order chi connectivity index (χ0) is 24.5. The molecule has 0 unspecified atom stereocenters. The Morgan fingerprint density at radius 2 is 1.79 bits per heavy atom. The zero-order valence-electron chi connectivity index (χ0n) is 20.6. The maximum absolute atomic E-state index is 13.7. The molecule has 2 aromatic rings. The van der Waals surface area contributed by atoms with Crippen molar-refractivity contribution < 1.29 is 23.8 Å². The maximum Gasteiger partial charge on any atom is 0.247 e. The highest BCUT2D eigenvalue weighted by Crippen LogP contribution is 2.41. The molecule has 1 fully saturated rings. The van der Waals surface area contributed by atoms with Gasteiger partial charge in [0.25, 0.3) is 0 Å². The molecule has 7 nitrogen and oxygen atoms in total. The molecule has 8 heteroatoms. The second kappa shape index (κ2) is 12.6. The molecule has 1 atom stereocenters. The topological polar surface area (TPSA) is 77.1 Å². The Labute approximate surface area is 206 Å². The van der Waals surface area contributed by atoms with Crippen molar-refractivity contribution in [2.45, 2.75) is 64.0 Å². The van der Waals surface area contributed by atoms with Gasteiger partial charge in [-0.15, -0.1) is 11.3 Å². The fourth-order valence-electron chi connectivity index (χ4n) is 4.47. The van der Waals surface area contributed by atoms with Crippen LogP contribution in [-0.4, -0.2) is 50.6 Å². The highest BCUT2D eigenvalue weighted by atomic mass is 32.1. The lowest BCUT2D eigenvalue weighted by atomic mass is 10.0. The van der Waals surface area contributed by atoms with Crippen LogP contribution in [0.5, 0.6) is 17.2 Å². The summed E-state index contributed by atoms with van der Waals surface area (Å²) in [4.78, 5) is 30.0. The Kier molecular flexibility index (Phi) is 9.62. The molecule has 0 radical (unpaired) electrons. The van der Waals surface area contributed by atoms with Crippen LogP contribution in [0, 0.1) is 0 Å². The predicted molar refractivity (Wildman–Crippen MR) is 134 cm³/mol. The first-order chi connectivity index (χ1) is 16.5. The van der Waals surface area contributed by atoms with E-state index in [-0.39, 0.29) is 24.3 Å². The van der Waals surface area contributed by atoms with Gasteiger partial charge in [-0.1, -0.05) is 32.3 Å². The highest BCUT2D eigenvalue weighted by Gasteiger charge is 2.34. The van der Waals surface area contributed by atoms with Gasteiger partial charge in [0.1, 0.15) is 6.04 Å². The van der Waals surface area contributed by atoms with E-state index in [2.05, 4.69) is 12.2 Å². The molecule has 1 aromatic heterocycles. The maximum atomic E-state index is 13.7. The molecule has 1 aliphatic rings. The minimum absolute atomic E-state index is 0.0729. The molecule has 0 aliphatic heterocycles. The molecule has 1 N–H and O–H groups in total. The Hall–Kier alpha value is -2.74. The number of unbranched alkanes of at least 4 members (excludes halogenated alkanes) is 1. The minimum atomic E-state index is -0.798. The van der Waals surface area contributed by atoms with Crippen molar-refractivity contribution in [2.75, 3.05) is 27.9 Å². The summed E-state index contributed by atoms with van der Waals surface area (Å²) >= 11 is 1.55. The predicted octanol–water partition coefficient (Wildman–Crippen LogP) is 4.75. The summed E-state index contributed by atoms with van der Waals surface area (Å²) in [7, 11) is 4.64. The monoisotopic (exact) mass is 488 g/mol. The minimum Gasteiger partial charge on any atom is -0.493 e. The number of rotatable bonds is 12. The van der Waals surface area contributed by atoms with E-state index in [9.17, 15) is 9.59 Å². The van der Waals surface area contributed by atoms with Crippen molar-refractivity contribution in [1.82, 2.24) is 10.2 Å². The van der Waals surface area contributed by atoms with Crippen molar-refractivity contribution >= 4 is 23.2 Å². The van der Waals surface area contributed by atoms with Crippen molar-refractivity contribution in [3.63, 3.8) is 0 Å². The quantitative estimate of drug-likeness (QED) is 0.467. The fraction of sp³-hybridized carbons (Fsp3) is 0.538. The zero-order valence-corrected chi connectivity index (χ0v) is 21.4. The molecular weight excluding hydrogens is 452 g/mol. The molecule has 0 bridgehead atoms. The van der Waals surface area contributed by atoms with Gasteiger partial charge < -0.3 is 24.4 Å². The van der Waals surface area contributed by atoms with Crippen molar-refractivity contribution in [3.05, 3.63) is 40.1 Å². The first-order valence-electron chi connectivity index (χ1n) is 11.9. The van der Waals surface area contributed by atoms with Gasteiger partial charge in [-0.25, -0.2) is 0 Å². The number of hydrogen-bond acceptors (Lipinski definition) is 6. The summed E-state index contributed by atoms with van der Waals surface area (Å²) in [5, 5.41) is 5.17. The van der Waals surface area contributed by atoms with Crippen LogP contribution in [-0.2, 0) is 16.0 Å². The molecule has 1 aliphatic carbocycles. The van der Waals surface area contributed by atoms with E-state index in [1.165, 1.54) is 0 Å². The number of methoxy groups -OCH3 is 3. The van der Waals surface area contributed by atoms with Crippen molar-refractivity contribution in [2.24, 2.45) is 0 Å². The molecular formula is C26H36N2O5S. The number of hydrogen-bond donors (Lipinski definition) is 1. The number of nitrogens with one attached hydrogen (secondary N) is 1. The van der Waals surface area contributed by atoms with Gasteiger partial charge in [0.05, 0.1) is 27.8 Å². The number of carbonyl (C=O) groups excluding carboxylic acids is 2. The van der Waals surface area contributed by atoms with Crippen molar-refractivity contribution in [1.29, 1.82) is 0 Å². The number of amides is 2. The summed E-state index contributed by atoms with van der Waals surface area (Å²) in [6.45, 7) is 2.56. The van der Waals surface area contributed by atoms with Gasteiger partial charge >= 0.3 is 0 Å². The first-order valence-corrected chi connectivity index (χ1v) is 12.8. The lowest BCUT2D eigenvalue weighted by molar-refractivity contribution is -0.140. The summed E-state index contributed by atoms with van der Waals surface area (Å²) in [5.74, 6) is 1.12. The van der Waals surface area contributed by atoms with Crippen LogP contribution < -0.4 is 19.5 Å². The number of carbonyl (C=O) groups is 2. The van der Waals surface area contributed by atoms with Gasteiger partial charge in [-0.3, -0.25) is 9.59 Å². The average Bonchev–Trinajstić information content (AvgIpc) is 3.55. The van der Waals surface area contributed by atoms with E-state index >= 15 is 0 Å². The van der Waals surface area contributed by atoms with Gasteiger partial charge in [-0.05, 0) is 48.4 Å². The molecule has 1 heterocycles. The largest absolute Gasteiger partial charge is 0.493 e. The van der Waals surface area contributed by atoms with Crippen LogP contribution in [0.3, 0.4) is 0 Å². The fourth-order valence-corrected chi connectivity index (χ4v) is 5.17. The summed E-state index contributed by atoms with van der Waals surface area (Å²) < 4.78 is 16.6. The molecule has 0 saturated heterocycles. The molecule has 1 aromatic carbocycles. The molecule has 2 amide bonds. The van der Waals surface area contributed by atoms with E-state index < -0.39 is 6.04 Å². The second-order valence-corrected chi connectivity index (χ2v) is 9.58. The number of nitrogens with zero attached hydrogens (tertiary/aromatic N) is 1. The standard InChI is InChI=1S/C26H36N2O5S/c1-5-6-13-28(23(29)17-20-12-9-14-34-20)24(26(30)27-19-10-7-8-11-19)18-15-21(31-2)25(33-4)22(16-18)32-3/h9,12,14-16,19,24H,5-8,10-11,13,17H2,1-4H3,(H,27,30)/t24-/m1/s1. The van der Waals surface area contributed by atoms with E-state index in [1.54, 1.807) is 49.7 Å². The third kappa shape index (κ3) is 6.23. The lowest BCUT2D eigenvalue weighted by Gasteiger charge is -2.33. The third-order valence-corrected chi connectivity index (χ3v) is 7.12. The number of ether oxygens (including phenoxy) is 3. The third-order valence-electron chi connectivity index (χ3n) is 6.24. The molecule has 186 valence electrons. The van der Waals surface area contributed by atoms with Gasteiger partial charge in [0, 0.05) is 17.5 Å². The van der Waals surface area contributed by atoms with Crippen LogP contribution in [0.2, 0.25) is 0 Å². The van der Waals surface area contributed by atoms with Crippen LogP contribution >= 0.6 is 11.3 Å². The Bertz CT molecular complexity index is 916. The Morgan fingerprint density at radius 3 is 2.32 bits per heavy atom. The van der Waals surface area contributed by atoms with Gasteiger partial charge in [-0.2, -0.15) is 0 Å². The average molecular weight is 489 g/mol. The smallest absolute Gasteiger partial charge is 0.247 e. The number of thiophene rings is 1. The molecule has 1 saturated carbocycles. The second-order valence-electron chi connectivity index (χ2n) is 8.55. The van der Waals surface area contributed by atoms with E-state index in [0.29, 0.717) is 29.4 Å². The normalized spacial score (nSPS) is 14.5. The first kappa shape index (κ1) is 25.9. The van der Waals surface area contributed by atoms with Crippen LogP contribution in [0.25, 0.3) is 0 Å². The van der Waals surface area contributed by atoms with Crippen LogP contribution in [0.1, 0.15) is 61.9 Å². The van der Waals surface area contributed by atoms with Gasteiger partial charge in [0.15, 0.2) is 11.5 Å². The molecule has 34 heavy (non-hydrogen) atoms. The molecule has 0 spiro atoms. The van der Waals surface area contributed by atoms with E-state index in [4.69, 9.17) is 14.2 Å². The SMILES string of the molecule is CCCCN(C(=O)Cc1cccs1)[C@@H](C(=O)NC1CCCC1)c1cc(OC)c(OC)c(OC)c1. The Balaban J connectivity index is 2.04. The van der Waals surface area contributed by atoms with Crippen LogP contribution in [0.4, 0.5) is 0 Å². The van der Waals surface area contributed by atoms with E-state index in [1.807, 2.05) is 17.5 Å². The highest BCUT2D eigenvalue weighted by molar-refractivity contribution is 7.10. The summed E-state index contributed by atoms with van der Waals surface area (Å²) in [6.07, 6.45) is 6.12. The Morgan fingerprint density at radius 1 is 1.12 bits per heavy atom. The summed E-state index contributed by atoms with van der Waals surface area (Å²) in [5.41, 5.74) is 0.639. The van der Waals surface area contributed by atoms with Gasteiger partial charge in [0.2, 0.25) is 17.6 Å². The van der Waals surface area contributed by atoms with Crippen LogP contribution in [0.15, 0.2) is 29.6 Å². The number of benzene rings is 1. The summed E-state index contributed by atoms with van der Waals surface area (Å²) in [6, 6.07) is 6.78. The molecule has 3 rings (SSSR count). The van der Waals surface area contributed by atoms with E-state index in [0.717, 1.165) is 43.4 Å². The van der Waals surface area contributed by atoms with Crippen molar-refractivity contribution in [3.8, 4) is 17.2 Å².